The van der Waals surface area contributed by atoms with Crippen LogP contribution in [0.25, 0.3) is 17.2 Å². The Labute approximate surface area is 188 Å². The van der Waals surface area contributed by atoms with Gasteiger partial charge in [-0.05, 0) is 59.3 Å². The number of aliphatic imine (C=N–C) groups is 1. The van der Waals surface area contributed by atoms with E-state index >= 15 is 0 Å². The Hall–Kier alpha value is -3.04. The van der Waals surface area contributed by atoms with Gasteiger partial charge in [0.2, 0.25) is 0 Å². The standard InChI is InChI=1S/C21H12BrClF2N6/c1-10-20-29-30-21(14-6-3-9-26-28-14)31(20)15-8-7-11(23)18(22)17(15)19(27-10)16-12(24)4-2-5-13(16)25/h2-10H,1H3/t10-/m0/s1. The fourth-order valence-electron chi connectivity index (χ4n) is 3.57. The molecular weight excluding hydrogens is 490 g/mol. The van der Waals surface area contributed by atoms with E-state index in [-0.39, 0.29) is 11.3 Å². The third-order valence-corrected chi connectivity index (χ3v) is 6.30. The van der Waals surface area contributed by atoms with E-state index in [1.165, 1.54) is 18.2 Å². The second-order valence-electron chi connectivity index (χ2n) is 6.83. The Morgan fingerprint density at radius 3 is 2.45 bits per heavy atom. The second kappa shape index (κ2) is 7.58. The molecule has 0 N–H and O–H groups in total. The lowest BCUT2D eigenvalue weighted by Gasteiger charge is -2.16. The normalized spacial score (nSPS) is 15.1. The first-order valence-corrected chi connectivity index (χ1v) is 10.4. The Balaban J connectivity index is 1.88. The van der Waals surface area contributed by atoms with Crippen LogP contribution in [0, 0.1) is 11.6 Å². The van der Waals surface area contributed by atoms with Crippen molar-refractivity contribution in [3.63, 3.8) is 0 Å². The van der Waals surface area contributed by atoms with Crippen LogP contribution in [-0.2, 0) is 0 Å². The van der Waals surface area contributed by atoms with Crippen molar-refractivity contribution in [2.45, 2.75) is 13.0 Å². The zero-order valence-electron chi connectivity index (χ0n) is 15.9. The average Bonchev–Trinajstić information content (AvgIpc) is 3.16. The summed E-state index contributed by atoms with van der Waals surface area (Å²) in [7, 11) is 0. The number of rotatable bonds is 2. The number of fused-ring (bicyclic) bond motifs is 3. The van der Waals surface area contributed by atoms with E-state index in [0.29, 0.717) is 38.1 Å². The van der Waals surface area contributed by atoms with Gasteiger partial charge >= 0.3 is 0 Å². The number of halogens is 4. The predicted octanol–water partition coefficient (Wildman–Crippen LogP) is 5.33. The Bertz CT molecular complexity index is 1340. The molecule has 0 bridgehead atoms. The van der Waals surface area contributed by atoms with Gasteiger partial charge in [0.15, 0.2) is 11.6 Å². The SMILES string of the molecule is C[C@@H]1N=C(c2c(F)cccc2F)c2c(ccc(Cl)c2Br)-n2c(-c3cccnn3)nnc21. The molecule has 3 heterocycles. The van der Waals surface area contributed by atoms with Gasteiger partial charge in [-0.15, -0.1) is 15.3 Å². The summed E-state index contributed by atoms with van der Waals surface area (Å²) >= 11 is 9.86. The Morgan fingerprint density at radius 1 is 0.968 bits per heavy atom. The lowest BCUT2D eigenvalue weighted by molar-refractivity contribution is 0.578. The van der Waals surface area contributed by atoms with Crippen molar-refractivity contribution in [3.05, 3.63) is 86.7 Å². The molecule has 10 heteroatoms. The second-order valence-corrected chi connectivity index (χ2v) is 8.03. The molecule has 1 aliphatic heterocycles. The first kappa shape index (κ1) is 19.9. The van der Waals surface area contributed by atoms with E-state index in [2.05, 4.69) is 41.3 Å². The summed E-state index contributed by atoms with van der Waals surface area (Å²) in [6.45, 7) is 1.78. The fraction of sp³-hybridized carbons (Fsp3) is 0.0952. The minimum absolute atomic E-state index is 0.128. The molecule has 1 atom stereocenters. The Kier molecular flexibility index (Phi) is 4.86. The van der Waals surface area contributed by atoms with Gasteiger partial charge in [0, 0.05) is 16.2 Å². The first-order valence-electron chi connectivity index (χ1n) is 9.21. The van der Waals surface area contributed by atoms with Crippen LogP contribution in [0.2, 0.25) is 5.02 Å². The summed E-state index contributed by atoms with van der Waals surface area (Å²) in [5.41, 5.74) is 1.36. The molecule has 31 heavy (non-hydrogen) atoms. The molecule has 0 aliphatic carbocycles. The van der Waals surface area contributed by atoms with E-state index in [0.717, 1.165) is 0 Å². The van der Waals surface area contributed by atoms with Gasteiger partial charge in [-0.25, -0.2) is 8.78 Å². The lowest BCUT2D eigenvalue weighted by Crippen LogP contribution is -2.13. The summed E-state index contributed by atoms with van der Waals surface area (Å²) in [6.07, 6.45) is 1.55. The molecular formula is C21H12BrClF2N6. The van der Waals surface area contributed by atoms with Crippen molar-refractivity contribution >= 4 is 33.2 Å². The van der Waals surface area contributed by atoms with Gasteiger partial charge in [-0.3, -0.25) is 9.56 Å². The van der Waals surface area contributed by atoms with Crippen LogP contribution in [-0.4, -0.2) is 30.7 Å². The molecule has 6 nitrogen and oxygen atoms in total. The van der Waals surface area contributed by atoms with Crippen LogP contribution in [0.5, 0.6) is 0 Å². The number of hydrogen-bond acceptors (Lipinski definition) is 5. The van der Waals surface area contributed by atoms with Crippen molar-refractivity contribution in [2.24, 2.45) is 4.99 Å². The molecule has 0 spiro atoms. The van der Waals surface area contributed by atoms with Crippen LogP contribution in [0.1, 0.15) is 29.9 Å². The van der Waals surface area contributed by atoms with Crippen LogP contribution in [0.15, 0.2) is 58.1 Å². The molecule has 5 rings (SSSR count). The summed E-state index contributed by atoms with van der Waals surface area (Å²) < 4.78 is 31.8. The maximum atomic E-state index is 14.8. The van der Waals surface area contributed by atoms with Crippen LogP contribution in [0.3, 0.4) is 0 Å². The number of benzene rings is 2. The van der Waals surface area contributed by atoms with Gasteiger partial charge in [0.1, 0.15) is 23.4 Å². The molecule has 0 fully saturated rings. The van der Waals surface area contributed by atoms with Crippen LogP contribution in [0.4, 0.5) is 8.78 Å². The van der Waals surface area contributed by atoms with Gasteiger partial charge < -0.3 is 0 Å². The number of nitrogens with zero attached hydrogens (tertiary/aromatic N) is 6. The number of hydrogen-bond donors (Lipinski definition) is 0. The maximum absolute atomic E-state index is 14.8. The molecule has 0 saturated heterocycles. The minimum Gasteiger partial charge on any atom is -0.275 e. The van der Waals surface area contributed by atoms with Gasteiger partial charge in [-0.1, -0.05) is 17.7 Å². The quantitative estimate of drug-likeness (QED) is 0.372. The monoisotopic (exact) mass is 500 g/mol. The predicted molar refractivity (Wildman–Crippen MR) is 116 cm³/mol. The van der Waals surface area contributed by atoms with Crippen molar-refractivity contribution in [2.75, 3.05) is 0 Å². The molecule has 0 saturated carbocycles. The summed E-state index contributed by atoms with van der Waals surface area (Å²) in [6, 6.07) is 10.0. The highest BCUT2D eigenvalue weighted by molar-refractivity contribution is 9.10. The zero-order valence-corrected chi connectivity index (χ0v) is 18.2. The number of aromatic nitrogens is 5. The lowest BCUT2D eigenvalue weighted by atomic mass is 9.99. The molecule has 0 radical (unpaired) electrons. The van der Waals surface area contributed by atoms with Gasteiger partial charge in [0.25, 0.3) is 0 Å². The van der Waals surface area contributed by atoms with E-state index in [9.17, 15) is 8.78 Å². The fourth-order valence-corrected chi connectivity index (χ4v) is 4.25. The molecule has 4 aromatic rings. The highest BCUT2D eigenvalue weighted by atomic mass is 79.9. The van der Waals surface area contributed by atoms with Crippen LogP contribution >= 0.6 is 27.5 Å². The summed E-state index contributed by atoms with van der Waals surface area (Å²) in [5.74, 6) is -0.537. The smallest absolute Gasteiger partial charge is 0.189 e. The van der Waals surface area contributed by atoms with E-state index in [1.807, 2.05) is 0 Å². The van der Waals surface area contributed by atoms with Gasteiger partial charge in [0.05, 0.1) is 22.0 Å². The van der Waals surface area contributed by atoms with Crippen molar-refractivity contribution in [1.29, 1.82) is 0 Å². The molecule has 1 aliphatic rings. The summed E-state index contributed by atoms with van der Waals surface area (Å²) in [4.78, 5) is 4.65. The van der Waals surface area contributed by atoms with E-state index in [4.69, 9.17) is 11.6 Å². The molecule has 154 valence electrons. The van der Waals surface area contributed by atoms with Crippen molar-refractivity contribution in [1.82, 2.24) is 25.0 Å². The van der Waals surface area contributed by atoms with Gasteiger partial charge in [-0.2, -0.15) is 5.10 Å². The van der Waals surface area contributed by atoms with Crippen molar-refractivity contribution < 1.29 is 8.78 Å². The molecule has 0 unspecified atom stereocenters. The first-order chi connectivity index (χ1) is 15.0. The van der Waals surface area contributed by atoms with Crippen molar-refractivity contribution in [3.8, 4) is 17.2 Å². The largest absolute Gasteiger partial charge is 0.275 e. The maximum Gasteiger partial charge on any atom is 0.189 e. The van der Waals surface area contributed by atoms with Crippen LogP contribution < -0.4 is 0 Å². The highest BCUT2D eigenvalue weighted by Crippen LogP contribution is 2.39. The molecule has 0 amide bonds. The van der Waals surface area contributed by atoms with E-state index in [1.54, 1.807) is 42.0 Å². The third-order valence-electron chi connectivity index (χ3n) is 4.94. The molecule has 2 aromatic carbocycles. The highest BCUT2D eigenvalue weighted by Gasteiger charge is 2.31. The third kappa shape index (κ3) is 3.16. The minimum atomic E-state index is -0.726. The Morgan fingerprint density at radius 2 is 1.74 bits per heavy atom. The zero-order chi connectivity index (χ0) is 21.7. The summed E-state index contributed by atoms with van der Waals surface area (Å²) in [5, 5.41) is 17.0. The molecule has 2 aromatic heterocycles. The van der Waals surface area contributed by atoms with E-state index < -0.39 is 17.7 Å². The topological polar surface area (TPSA) is 68.8 Å². The average molecular weight is 502 g/mol.